The summed E-state index contributed by atoms with van der Waals surface area (Å²) in [5.74, 6) is -2.22. The van der Waals surface area contributed by atoms with Gasteiger partial charge < -0.3 is 20.7 Å². The van der Waals surface area contributed by atoms with Gasteiger partial charge in [-0.25, -0.2) is 8.78 Å². The highest BCUT2D eigenvalue weighted by molar-refractivity contribution is 5.85. The molecule has 0 saturated carbocycles. The lowest BCUT2D eigenvalue weighted by Crippen LogP contribution is -2.47. The summed E-state index contributed by atoms with van der Waals surface area (Å²) in [6, 6.07) is 2.23. The zero-order valence-electron chi connectivity index (χ0n) is 16.1. The van der Waals surface area contributed by atoms with Gasteiger partial charge in [0.1, 0.15) is 11.6 Å². The van der Waals surface area contributed by atoms with Crippen LogP contribution in [-0.2, 0) is 14.3 Å². The molecule has 1 atom stereocenters. The summed E-state index contributed by atoms with van der Waals surface area (Å²) in [6.45, 7) is 3.98. The number of piperidine rings is 1. The van der Waals surface area contributed by atoms with E-state index in [1.165, 1.54) is 13.0 Å². The standard InChI is InChI=1S/C19H27F2N3O3.ClH/c1-13(25)24-17(15-4-3-14(20)9-16(15)21)10-18(26)23-11-19(12-27-2)5-7-22-8-6-19;/h3-4,9,17,22H,5-8,10-12H2,1-2H3,(H,23,26)(H,24,25);1H. The zero-order valence-corrected chi connectivity index (χ0v) is 17.0. The molecule has 0 spiro atoms. The Morgan fingerprint density at radius 1 is 1.29 bits per heavy atom. The van der Waals surface area contributed by atoms with Crippen molar-refractivity contribution in [2.45, 2.75) is 32.2 Å². The van der Waals surface area contributed by atoms with Crippen LogP contribution in [-0.4, -0.2) is 45.2 Å². The first-order valence-electron chi connectivity index (χ1n) is 9.04. The van der Waals surface area contributed by atoms with Crippen LogP contribution >= 0.6 is 12.4 Å². The van der Waals surface area contributed by atoms with Crippen molar-refractivity contribution in [2.75, 3.05) is 33.4 Å². The van der Waals surface area contributed by atoms with Crippen LogP contribution in [0, 0.1) is 17.0 Å². The molecule has 2 rings (SSSR count). The normalized spacial score (nSPS) is 16.6. The van der Waals surface area contributed by atoms with E-state index in [2.05, 4.69) is 16.0 Å². The van der Waals surface area contributed by atoms with E-state index < -0.39 is 23.6 Å². The highest BCUT2D eigenvalue weighted by Crippen LogP contribution is 2.28. The van der Waals surface area contributed by atoms with Gasteiger partial charge in [0.15, 0.2) is 0 Å². The van der Waals surface area contributed by atoms with Crippen molar-refractivity contribution >= 4 is 24.2 Å². The van der Waals surface area contributed by atoms with Gasteiger partial charge in [-0.1, -0.05) is 6.07 Å². The molecule has 3 N–H and O–H groups in total. The Morgan fingerprint density at radius 3 is 2.54 bits per heavy atom. The minimum Gasteiger partial charge on any atom is -0.384 e. The van der Waals surface area contributed by atoms with Crippen LogP contribution in [0.25, 0.3) is 0 Å². The second-order valence-electron chi connectivity index (χ2n) is 7.08. The van der Waals surface area contributed by atoms with Gasteiger partial charge in [0.05, 0.1) is 19.1 Å². The van der Waals surface area contributed by atoms with E-state index in [-0.39, 0.29) is 35.7 Å². The number of benzene rings is 1. The molecule has 1 fully saturated rings. The summed E-state index contributed by atoms with van der Waals surface area (Å²) < 4.78 is 32.6. The minimum atomic E-state index is -0.866. The molecule has 0 aliphatic carbocycles. The average Bonchev–Trinajstić information content (AvgIpc) is 2.60. The number of rotatable bonds is 8. The lowest BCUT2D eigenvalue weighted by molar-refractivity contribution is -0.123. The first kappa shape index (κ1) is 24.3. The van der Waals surface area contributed by atoms with Gasteiger partial charge in [-0.15, -0.1) is 12.4 Å². The summed E-state index contributed by atoms with van der Waals surface area (Å²) in [6.07, 6.45) is 1.62. The molecule has 1 aromatic carbocycles. The Labute approximate surface area is 170 Å². The molecule has 1 heterocycles. The maximum absolute atomic E-state index is 14.1. The summed E-state index contributed by atoms with van der Waals surface area (Å²) >= 11 is 0. The average molecular weight is 420 g/mol. The smallest absolute Gasteiger partial charge is 0.222 e. The number of nitrogens with one attached hydrogen (secondary N) is 3. The molecule has 9 heteroatoms. The third-order valence-electron chi connectivity index (χ3n) is 4.88. The summed E-state index contributed by atoms with van der Waals surface area (Å²) in [4.78, 5) is 23.9. The fourth-order valence-electron chi connectivity index (χ4n) is 3.45. The molecule has 6 nitrogen and oxygen atoms in total. The Balaban J connectivity index is 0.00000392. The Morgan fingerprint density at radius 2 is 1.96 bits per heavy atom. The molecule has 1 aromatic rings. The van der Waals surface area contributed by atoms with E-state index >= 15 is 0 Å². The van der Waals surface area contributed by atoms with Crippen molar-refractivity contribution in [1.29, 1.82) is 0 Å². The fourth-order valence-corrected chi connectivity index (χ4v) is 3.45. The lowest BCUT2D eigenvalue weighted by Gasteiger charge is -2.37. The topological polar surface area (TPSA) is 79.5 Å². The van der Waals surface area contributed by atoms with Crippen LogP contribution in [0.1, 0.15) is 37.8 Å². The molecule has 28 heavy (non-hydrogen) atoms. The molecule has 1 unspecified atom stereocenters. The summed E-state index contributed by atoms with van der Waals surface area (Å²) in [5, 5.41) is 8.73. The van der Waals surface area contributed by atoms with E-state index in [1.807, 2.05) is 0 Å². The van der Waals surface area contributed by atoms with Crippen LogP contribution in [0.15, 0.2) is 18.2 Å². The third kappa shape index (κ3) is 7.00. The Kier molecular flexibility index (Phi) is 9.78. The number of carbonyl (C=O) groups is 2. The third-order valence-corrected chi connectivity index (χ3v) is 4.88. The number of hydrogen-bond acceptors (Lipinski definition) is 4. The number of ether oxygens (including phenoxy) is 1. The summed E-state index contributed by atoms with van der Waals surface area (Å²) in [5.41, 5.74) is -0.0597. The number of methoxy groups -OCH3 is 1. The van der Waals surface area contributed by atoms with Crippen LogP contribution in [0.3, 0.4) is 0 Å². The second-order valence-corrected chi connectivity index (χ2v) is 7.08. The highest BCUT2D eigenvalue weighted by atomic mass is 35.5. The molecular formula is C19H28ClF2N3O3. The predicted octanol–water partition coefficient (Wildman–Crippen LogP) is 2.09. The monoisotopic (exact) mass is 419 g/mol. The first-order valence-corrected chi connectivity index (χ1v) is 9.04. The maximum atomic E-state index is 14.1. The van der Waals surface area contributed by atoms with Gasteiger partial charge in [-0.3, -0.25) is 9.59 Å². The molecule has 0 aromatic heterocycles. The van der Waals surface area contributed by atoms with E-state index in [9.17, 15) is 18.4 Å². The number of amides is 2. The quantitative estimate of drug-likeness (QED) is 0.602. The highest BCUT2D eigenvalue weighted by Gasteiger charge is 2.33. The molecule has 0 bridgehead atoms. The van der Waals surface area contributed by atoms with Crippen LogP contribution in [0.2, 0.25) is 0 Å². The second kappa shape index (κ2) is 11.3. The van der Waals surface area contributed by atoms with Crippen LogP contribution < -0.4 is 16.0 Å². The SMILES string of the molecule is COCC1(CNC(=O)CC(NC(C)=O)c2ccc(F)cc2F)CCNCC1.Cl. The summed E-state index contributed by atoms with van der Waals surface area (Å²) in [7, 11) is 1.63. The number of hydrogen-bond donors (Lipinski definition) is 3. The van der Waals surface area contributed by atoms with Gasteiger partial charge in [-0.05, 0) is 32.0 Å². The van der Waals surface area contributed by atoms with Crippen molar-refractivity contribution in [3.8, 4) is 0 Å². The molecule has 158 valence electrons. The molecule has 1 aliphatic rings. The number of halogens is 3. The van der Waals surface area contributed by atoms with Gasteiger partial charge in [-0.2, -0.15) is 0 Å². The van der Waals surface area contributed by atoms with Crippen molar-refractivity contribution < 1.29 is 23.1 Å². The van der Waals surface area contributed by atoms with Crippen molar-refractivity contribution in [1.82, 2.24) is 16.0 Å². The van der Waals surface area contributed by atoms with E-state index in [1.54, 1.807) is 7.11 Å². The van der Waals surface area contributed by atoms with E-state index in [4.69, 9.17) is 4.74 Å². The zero-order chi connectivity index (χ0) is 19.9. The lowest BCUT2D eigenvalue weighted by atomic mass is 9.79. The first-order chi connectivity index (χ1) is 12.8. The Bertz CT molecular complexity index is 664. The molecule has 1 saturated heterocycles. The Hall–Kier alpha value is -1.77. The van der Waals surface area contributed by atoms with Gasteiger partial charge in [0.25, 0.3) is 0 Å². The van der Waals surface area contributed by atoms with Crippen LogP contribution in [0.4, 0.5) is 8.78 Å². The maximum Gasteiger partial charge on any atom is 0.222 e. The van der Waals surface area contributed by atoms with E-state index in [0.29, 0.717) is 13.2 Å². The molecule has 2 amide bonds. The van der Waals surface area contributed by atoms with Crippen molar-refractivity contribution in [2.24, 2.45) is 5.41 Å². The van der Waals surface area contributed by atoms with Crippen molar-refractivity contribution in [3.63, 3.8) is 0 Å². The molecule has 1 aliphatic heterocycles. The van der Waals surface area contributed by atoms with Gasteiger partial charge >= 0.3 is 0 Å². The molecule has 0 radical (unpaired) electrons. The number of carbonyl (C=O) groups excluding carboxylic acids is 2. The fraction of sp³-hybridized carbons (Fsp3) is 0.579. The predicted molar refractivity (Wildman–Crippen MR) is 104 cm³/mol. The van der Waals surface area contributed by atoms with Crippen LogP contribution in [0.5, 0.6) is 0 Å². The van der Waals surface area contributed by atoms with Gasteiger partial charge in [0, 0.05) is 37.6 Å². The van der Waals surface area contributed by atoms with E-state index in [0.717, 1.165) is 38.1 Å². The minimum absolute atomic E-state index is 0. The molecular weight excluding hydrogens is 392 g/mol. The van der Waals surface area contributed by atoms with Gasteiger partial charge in [0.2, 0.25) is 11.8 Å². The largest absolute Gasteiger partial charge is 0.384 e. The van der Waals surface area contributed by atoms with Crippen molar-refractivity contribution in [3.05, 3.63) is 35.4 Å².